The first-order valence-corrected chi connectivity index (χ1v) is 6.19. The molecular weight excluding hydrogens is 228 g/mol. The van der Waals surface area contributed by atoms with E-state index in [-0.39, 0.29) is 11.7 Å². The fraction of sp³-hybridized carbons (Fsp3) is 0.500. The number of rotatable bonds is 5. The Labute approximate surface area is 108 Å². The molecule has 0 aliphatic rings. The number of hydrogen-bond donors (Lipinski definition) is 2. The first kappa shape index (κ1) is 14.5. The van der Waals surface area contributed by atoms with Crippen LogP contribution in [0, 0.1) is 5.92 Å². The quantitative estimate of drug-likeness (QED) is 0.836. The Morgan fingerprint density at radius 2 is 2.00 bits per heavy atom. The molecule has 18 heavy (non-hydrogen) atoms. The molecule has 100 valence electrons. The summed E-state index contributed by atoms with van der Waals surface area (Å²) in [7, 11) is 1.70. The van der Waals surface area contributed by atoms with Gasteiger partial charge in [0.1, 0.15) is 5.75 Å². The first-order chi connectivity index (χ1) is 8.41. The zero-order chi connectivity index (χ0) is 13.7. The Hall–Kier alpha value is -1.55. The number of likely N-dealkylation sites (N-methyl/N-ethyl adjacent to an activating group) is 1. The van der Waals surface area contributed by atoms with Crippen LogP contribution in [-0.2, 0) is 11.3 Å². The van der Waals surface area contributed by atoms with Crippen LogP contribution in [0.2, 0.25) is 0 Å². The van der Waals surface area contributed by atoms with Gasteiger partial charge >= 0.3 is 0 Å². The van der Waals surface area contributed by atoms with Crippen LogP contribution >= 0.6 is 0 Å². The zero-order valence-electron chi connectivity index (χ0n) is 11.3. The molecule has 0 aliphatic carbocycles. The van der Waals surface area contributed by atoms with Crippen LogP contribution in [-0.4, -0.2) is 29.0 Å². The van der Waals surface area contributed by atoms with Gasteiger partial charge in [0.25, 0.3) is 0 Å². The minimum Gasteiger partial charge on any atom is -0.508 e. The number of phenols is 1. The zero-order valence-corrected chi connectivity index (χ0v) is 11.3. The van der Waals surface area contributed by atoms with Crippen LogP contribution in [0.4, 0.5) is 0 Å². The molecule has 1 aromatic rings. The molecule has 0 radical (unpaired) electrons. The van der Waals surface area contributed by atoms with Gasteiger partial charge in [0.2, 0.25) is 5.91 Å². The van der Waals surface area contributed by atoms with Gasteiger partial charge in [-0.05, 0) is 18.4 Å². The molecule has 0 aliphatic heterocycles. The molecule has 0 saturated carbocycles. The predicted octanol–water partition coefficient (Wildman–Crippen LogP) is 1.72. The van der Waals surface area contributed by atoms with Gasteiger partial charge in [-0.15, -0.1) is 0 Å². The van der Waals surface area contributed by atoms with Gasteiger partial charge in [-0.25, -0.2) is 0 Å². The van der Waals surface area contributed by atoms with E-state index in [9.17, 15) is 9.90 Å². The summed E-state index contributed by atoms with van der Waals surface area (Å²) in [6, 6.07) is 6.53. The number of amides is 1. The lowest BCUT2D eigenvalue weighted by atomic mass is 10.0. The third kappa shape index (κ3) is 4.04. The minimum atomic E-state index is -0.471. The molecule has 0 unspecified atom stereocenters. The number of phenolic OH excluding ortho intramolecular Hbond substituents is 1. The molecular formula is C14H22N2O2. The number of carbonyl (C=O) groups is 1. The van der Waals surface area contributed by atoms with Crippen molar-refractivity contribution < 1.29 is 9.90 Å². The normalized spacial score (nSPS) is 12.5. The molecule has 1 rings (SSSR count). The summed E-state index contributed by atoms with van der Waals surface area (Å²) in [5.41, 5.74) is 6.58. The summed E-state index contributed by atoms with van der Waals surface area (Å²) < 4.78 is 0. The molecule has 4 nitrogen and oxygen atoms in total. The number of benzene rings is 1. The Bertz CT molecular complexity index is 405. The van der Waals surface area contributed by atoms with E-state index in [2.05, 4.69) is 0 Å². The van der Waals surface area contributed by atoms with Crippen molar-refractivity contribution in [3.63, 3.8) is 0 Å². The smallest absolute Gasteiger partial charge is 0.239 e. The number of hydrogen-bond acceptors (Lipinski definition) is 3. The summed E-state index contributed by atoms with van der Waals surface area (Å²) >= 11 is 0. The second-order valence-electron chi connectivity index (χ2n) is 5.06. The monoisotopic (exact) mass is 250 g/mol. The minimum absolute atomic E-state index is 0.0908. The number of aromatic hydroxyl groups is 1. The lowest BCUT2D eigenvalue weighted by Gasteiger charge is -2.22. The summed E-state index contributed by atoms with van der Waals surface area (Å²) in [4.78, 5) is 13.6. The van der Waals surface area contributed by atoms with Gasteiger partial charge < -0.3 is 15.7 Å². The van der Waals surface area contributed by atoms with Crippen molar-refractivity contribution in [3.05, 3.63) is 29.8 Å². The Morgan fingerprint density at radius 1 is 1.39 bits per heavy atom. The summed E-state index contributed by atoms with van der Waals surface area (Å²) in [6.45, 7) is 4.45. The predicted molar refractivity (Wildman–Crippen MR) is 72.0 cm³/mol. The van der Waals surface area contributed by atoms with E-state index < -0.39 is 6.04 Å². The van der Waals surface area contributed by atoms with E-state index in [1.54, 1.807) is 30.1 Å². The van der Waals surface area contributed by atoms with Gasteiger partial charge in [-0.1, -0.05) is 32.0 Å². The van der Waals surface area contributed by atoms with Crippen LogP contribution < -0.4 is 5.73 Å². The van der Waals surface area contributed by atoms with Crippen LogP contribution in [0.15, 0.2) is 24.3 Å². The highest BCUT2D eigenvalue weighted by molar-refractivity contribution is 5.81. The highest BCUT2D eigenvalue weighted by atomic mass is 16.3. The molecule has 1 amide bonds. The molecule has 1 aromatic carbocycles. The Kier molecular flexibility index (Phi) is 5.16. The third-order valence-corrected chi connectivity index (χ3v) is 2.82. The maximum Gasteiger partial charge on any atom is 0.239 e. The molecule has 3 N–H and O–H groups in total. The first-order valence-electron chi connectivity index (χ1n) is 6.19. The van der Waals surface area contributed by atoms with Gasteiger partial charge in [0, 0.05) is 19.2 Å². The Balaban J connectivity index is 2.63. The molecule has 0 saturated heterocycles. The summed E-state index contributed by atoms with van der Waals surface area (Å²) in [6.07, 6.45) is 0.671. The molecule has 0 bridgehead atoms. The van der Waals surface area contributed by atoms with E-state index in [1.165, 1.54) is 0 Å². The highest BCUT2D eigenvalue weighted by Crippen LogP contribution is 2.17. The second-order valence-corrected chi connectivity index (χ2v) is 5.06. The van der Waals surface area contributed by atoms with Crippen LogP contribution in [0.25, 0.3) is 0 Å². The van der Waals surface area contributed by atoms with Crippen molar-refractivity contribution >= 4 is 5.91 Å². The van der Waals surface area contributed by atoms with Crippen molar-refractivity contribution in [2.24, 2.45) is 11.7 Å². The van der Waals surface area contributed by atoms with E-state index in [0.29, 0.717) is 18.9 Å². The maximum absolute atomic E-state index is 12.0. The van der Waals surface area contributed by atoms with Crippen molar-refractivity contribution in [2.75, 3.05) is 7.05 Å². The Morgan fingerprint density at radius 3 is 2.56 bits per heavy atom. The average molecular weight is 250 g/mol. The van der Waals surface area contributed by atoms with Gasteiger partial charge in [-0.2, -0.15) is 0 Å². The summed E-state index contributed by atoms with van der Waals surface area (Å²) in [5.74, 6) is 0.504. The molecule has 0 spiro atoms. The third-order valence-electron chi connectivity index (χ3n) is 2.82. The lowest BCUT2D eigenvalue weighted by Crippen LogP contribution is -2.42. The van der Waals surface area contributed by atoms with E-state index >= 15 is 0 Å². The lowest BCUT2D eigenvalue weighted by molar-refractivity contribution is -0.132. The van der Waals surface area contributed by atoms with Crippen LogP contribution in [0.1, 0.15) is 25.8 Å². The van der Waals surface area contributed by atoms with Crippen molar-refractivity contribution in [3.8, 4) is 5.75 Å². The van der Waals surface area contributed by atoms with E-state index in [0.717, 1.165) is 5.56 Å². The van der Waals surface area contributed by atoms with Gasteiger partial charge in [0.15, 0.2) is 0 Å². The molecule has 0 fully saturated rings. The SMILES string of the molecule is CC(C)C[C@H](N)C(=O)N(C)Cc1ccccc1O. The molecule has 4 heteroatoms. The van der Waals surface area contributed by atoms with Crippen LogP contribution in [0.5, 0.6) is 5.75 Å². The molecule has 1 atom stereocenters. The summed E-state index contributed by atoms with van der Waals surface area (Å²) in [5, 5.41) is 9.66. The molecule has 0 heterocycles. The average Bonchev–Trinajstić information content (AvgIpc) is 2.30. The second kappa shape index (κ2) is 6.40. The maximum atomic E-state index is 12.0. The van der Waals surface area contributed by atoms with E-state index in [1.807, 2.05) is 19.9 Å². The highest BCUT2D eigenvalue weighted by Gasteiger charge is 2.19. The number of carbonyl (C=O) groups excluding carboxylic acids is 1. The number of nitrogens with zero attached hydrogens (tertiary/aromatic N) is 1. The van der Waals surface area contributed by atoms with Crippen LogP contribution in [0.3, 0.4) is 0 Å². The largest absolute Gasteiger partial charge is 0.508 e. The molecule has 0 aromatic heterocycles. The fourth-order valence-electron chi connectivity index (χ4n) is 1.87. The van der Waals surface area contributed by atoms with Gasteiger partial charge in [0.05, 0.1) is 6.04 Å². The van der Waals surface area contributed by atoms with Crippen molar-refractivity contribution in [1.29, 1.82) is 0 Å². The topological polar surface area (TPSA) is 66.6 Å². The fourth-order valence-corrected chi connectivity index (χ4v) is 1.87. The number of para-hydroxylation sites is 1. The number of nitrogens with two attached hydrogens (primary N) is 1. The van der Waals surface area contributed by atoms with Crippen molar-refractivity contribution in [1.82, 2.24) is 4.90 Å². The van der Waals surface area contributed by atoms with Gasteiger partial charge in [-0.3, -0.25) is 4.79 Å². The standard InChI is InChI=1S/C14H22N2O2/c1-10(2)8-12(15)14(18)16(3)9-11-6-4-5-7-13(11)17/h4-7,10,12,17H,8-9,15H2,1-3H3/t12-/m0/s1. The van der Waals surface area contributed by atoms with Crippen molar-refractivity contribution in [2.45, 2.75) is 32.9 Å². The van der Waals surface area contributed by atoms with E-state index in [4.69, 9.17) is 5.73 Å².